The van der Waals surface area contributed by atoms with E-state index in [1.807, 2.05) is 18.3 Å². The van der Waals surface area contributed by atoms with Gasteiger partial charge in [0.05, 0.1) is 10.7 Å². The number of pyridine rings is 1. The summed E-state index contributed by atoms with van der Waals surface area (Å²) in [6.07, 6.45) is 6.10. The molecule has 7 heteroatoms. The number of thioether (sulfide) groups is 1. The van der Waals surface area contributed by atoms with Gasteiger partial charge in [0.25, 0.3) is 0 Å². The summed E-state index contributed by atoms with van der Waals surface area (Å²) < 4.78 is 0. The third kappa shape index (κ3) is 4.86. The largest absolute Gasteiger partial charge is 0.354 e. The first-order chi connectivity index (χ1) is 13.0. The number of nitrogens with zero attached hydrogens (tertiary/aromatic N) is 4. The summed E-state index contributed by atoms with van der Waals surface area (Å²) in [5.41, 5.74) is 3.37. The molecule has 0 saturated carbocycles. The molecular formula is C20H22N6S. The molecule has 0 unspecified atom stereocenters. The molecule has 0 aromatic carbocycles. The van der Waals surface area contributed by atoms with E-state index < -0.39 is 0 Å². The molecule has 0 radical (unpaired) electrons. The van der Waals surface area contributed by atoms with Gasteiger partial charge in [0.15, 0.2) is 0 Å². The Kier molecular flexibility index (Phi) is 5.77. The Labute approximate surface area is 163 Å². The molecular weight excluding hydrogens is 356 g/mol. The molecule has 0 atom stereocenters. The molecule has 6 nitrogen and oxygen atoms in total. The Morgan fingerprint density at radius 3 is 2.81 bits per heavy atom. The van der Waals surface area contributed by atoms with Crippen molar-refractivity contribution < 1.29 is 0 Å². The van der Waals surface area contributed by atoms with Crippen LogP contribution in [0.5, 0.6) is 0 Å². The van der Waals surface area contributed by atoms with Crippen LogP contribution >= 0.6 is 11.8 Å². The summed E-state index contributed by atoms with van der Waals surface area (Å²) in [4.78, 5) is 12.9. The van der Waals surface area contributed by atoms with Crippen LogP contribution in [0.4, 0.5) is 5.95 Å². The van der Waals surface area contributed by atoms with Crippen LogP contribution in [0.1, 0.15) is 32.0 Å². The van der Waals surface area contributed by atoms with Gasteiger partial charge in [-0.1, -0.05) is 38.6 Å². The molecule has 2 aromatic rings. The standard InChI is InChI=1S/C20H22N6S/c1-20(2,3)17-13-27-18(26-17)15(11-21)16-7-10-24-19(25-16)23-9-6-14-5-4-8-22-12-14/h4-5,7-8,10,12-13,26H,6,9H2,1-3H3,(H,23,24,25). The van der Waals surface area contributed by atoms with Crippen molar-refractivity contribution in [3.8, 4) is 6.07 Å². The van der Waals surface area contributed by atoms with Gasteiger partial charge in [0.2, 0.25) is 5.95 Å². The third-order valence-corrected chi connectivity index (χ3v) is 4.92. The molecule has 0 fully saturated rings. The second-order valence-electron chi connectivity index (χ2n) is 7.14. The van der Waals surface area contributed by atoms with Gasteiger partial charge in [-0.2, -0.15) is 5.26 Å². The van der Waals surface area contributed by atoms with Crippen molar-refractivity contribution in [1.82, 2.24) is 20.3 Å². The maximum Gasteiger partial charge on any atom is 0.223 e. The van der Waals surface area contributed by atoms with Crippen molar-refractivity contribution in [3.05, 3.63) is 64.2 Å². The Bertz CT molecular complexity index is 906. The van der Waals surface area contributed by atoms with Gasteiger partial charge in [-0.15, -0.1) is 0 Å². The number of aromatic nitrogens is 3. The van der Waals surface area contributed by atoms with Gasteiger partial charge < -0.3 is 10.6 Å². The Morgan fingerprint density at radius 1 is 1.30 bits per heavy atom. The lowest BCUT2D eigenvalue weighted by atomic mass is 9.93. The van der Waals surface area contributed by atoms with E-state index in [2.05, 4.69) is 57.8 Å². The maximum absolute atomic E-state index is 9.67. The van der Waals surface area contributed by atoms with Crippen molar-refractivity contribution in [1.29, 1.82) is 5.26 Å². The number of rotatable bonds is 5. The lowest BCUT2D eigenvalue weighted by Gasteiger charge is -2.20. The summed E-state index contributed by atoms with van der Waals surface area (Å²) >= 11 is 1.52. The number of allylic oxidation sites excluding steroid dienone is 2. The lowest BCUT2D eigenvalue weighted by molar-refractivity contribution is 0.481. The average Bonchev–Trinajstić information content (AvgIpc) is 3.14. The second kappa shape index (κ2) is 8.23. The molecule has 0 amide bonds. The summed E-state index contributed by atoms with van der Waals surface area (Å²) in [5, 5.41) is 19.1. The quantitative estimate of drug-likeness (QED) is 0.762. The summed E-state index contributed by atoms with van der Waals surface area (Å²) in [5.74, 6) is 0.511. The lowest BCUT2D eigenvalue weighted by Crippen LogP contribution is -2.20. The van der Waals surface area contributed by atoms with Crippen LogP contribution in [0.25, 0.3) is 5.57 Å². The molecule has 1 aliphatic heterocycles. The molecule has 2 N–H and O–H groups in total. The van der Waals surface area contributed by atoms with Crippen LogP contribution in [0.15, 0.2) is 52.9 Å². The van der Waals surface area contributed by atoms with Gasteiger partial charge in [-0.25, -0.2) is 9.97 Å². The molecule has 2 aromatic heterocycles. The van der Waals surface area contributed by atoms with Crippen molar-refractivity contribution in [3.63, 3.8) is 0 Å². The third-order valence-electron chi connectivity index (χ3n) is 4.02. The van der Waals surface area contributed by atoms with E-state index in [1.165, 1.54) is 11.8 Å². The Hall–Kier alpha value is -2.85. The average molecular weight is 379 g/mol. The first-order valence-corrected chi connectivity index (χ1v) is 9.60. The number of nitriles is 1. The predicted molar refractivity (Wildman–Crippen MR) is 109 cm³/mol. The minimum atomic E-state index is -0.00000105. The molecule has 0 aliphatic carbocycles. The smallest absolute Gasteiger partial charge is 0.223 e. The molecule has 0 saturated heterocycles. The predicted octanol–water partition coefficient (Wildman–Crippen LogP) is 3.94. The van der Waals surface area contributed by atoms with Crippen LogP contribution < -0.4 is 10.6 Å². The SMILES string of the molecule is CC(C)(C)C1=CSC(=C(C#N)c2ccnc(NCCc3cccnc3)n2)N1. The molecule has 3 heterocycles. The normalized spacial score (nSPS) is 15.6. The van der Waals surface area contributed by atoms with E-state index in [0.29, 0.717) is 23.8 Å². The van der Waals surface area contributed by atoms with Crippen LogP contribution in [-0.2, 0) is 6.42 Å². The second-order valence-corrected chi connectivity index (χ2v) is 8.02. The first-order valence-electron chi connectivity index (χ1n) is 8.72. The van der Waals surface area contributed by atoms with E-state index in [4.69, 9.17) is 0 Å². The van der Waals surface area contributed by atoms with E-state index >= 15 is 0 Å². The maximum atomic E-state index is 9.67. The van der Waals surface area contributed by atoms with Crippen LogP contribution in [0.2, 0.25) is 0 Å². The van der Waals surface area contributed by atoms with E-state index in [0.717, 1.165) is 22.7 Å². The van der Waals surface area contributed by atoms with Crippen molar-refractivity contribution in [2.45, 2.75) is 27.2 Å². The Morgan fingerprint density at radius 2 is 2.15 bits per heavy atom. The van der Waals surface area contributed by atoms with Gasteiger partial charge in [0, 0.05) is 36.2 Å². The van der Waals surface area contributed by atoms with Crippen molar-refractivity contribution in [2.24, 2.45) is 5.41 Å². The molecule has 0 spiro atoms. The molecule has 3 rings (SSSR count). The minimum Gasteiger partial charge on any atom is -0.354 e. The van der Waals surface area contributed by atoms with Crippen LogP contribution in [-0.4, -0.2) is 21.5 Å². The number of hydrogen-bond donors (Lipinski definition) is 2. The van der Waals surface area contributed by atoms with Gasteiger partial charge in [0.1, 0.15) is 11.6 Å². The van der Waals surface area contributed by atoms with Crippen LogP contribution in [0, 0.1) is 16.7 Å². The fraction of sp³-hybridized carbons (Fsp3) is 0.300. The highest BCUT2D eigenvalue weighted by Crippen LogP contribution is 2.37. The number of hydrogen-bond acceptors (Lipinski definition) is 7. The van der Waals surface area contributed by atoms with Gasteiger partial charge in [-0.3, -0.25) is 4.98 Å². The van der Waals surface area contributed by atoms with E-state index in [1.54, 1.807) is 18.5 Å². The van der Waals surface area contributed by atoms with Crippen molar-refractivity contribution in [2.75, 3.05) is 11.9 Å². The fourth-order valence-electron chi connectivity index (χ4n) is 2.46. The highest BCUT2D eigenvalue weighted by atomic mass is 32.2. The fourth-order valence-corrected chi connectivity index (χ4v) is 3.54. The first kappa shape index (κ1) is 18.9. The summed E-state index contributed by atoms with van der Waals surface area (Å²) in [6.45, 7) is 7.10. The Balaban J connectivity index is 1.71. The summed E-state index contributed by atoms with van der Waals surface area (Å²) in [6, 6.07) is 7.99. The number of anilines is 1. The van der Waals surface area contributed by atoms with Crippen molar-refractivity contribution >= 4 is 23.3 Å². The molecule has 138 valence electrons. The zero-order valence-electron chi connectivity index (χ0n) is 15.7. The number of nitrogens with one attached hydrogen (secondary N) is 2. The topological polar surface area (TPSA) is 86.5 Å². The molecule has 0 bridgehead atoms. The summed E-state index contributed by atoms with van der Waals surface area (Å²) in [7, 11) is 0. The molecule has 27 heavy (non-hydrogen) atoms. The monoisotopic (exact) mass is 378 g/mol. The zero-order valence-corrected chi connectivity index (χ0v) is 16.5. The minimum absolute atomic E-state index is 0.00000105. The van der Waals surface area contributed by atoms with Gasteiger partial charge >= 0.3 is 0 Å². The highest BCUT2D eigenvalue weighted by Gasteiger charge is 2.25. The van der Waals surface area contributed by atoms with Gasteiger partial charge in [-0.05, 0) is 29.5 Å². The van der Waals surface area contributed by atoms with E-state index in [9.17, 15) is 5.26 Å². The van der Waals surface area contributed by atoms with E-state index in [-0.39, 0.29) is 5.41 Å². The molecule has 1 aliphatic rings. The highest BCUT2D eigenvalue weighted by molar-refractivity contribution is 8.06. The van der Waals surface area contributed by atoms with Crippen LogP contribution in [0.3, 0.4) is 0 Å². The zero-order chi connectivity index (χ0) is 19.3.